The van der Waals surface area contributed by atoms with Crippen molar-refractivity contribution in [1.29, 1.82) is 0 Å². The summed E-state index contributed by atoms with van der Waals surface area (Å²) in [5.41, 5.74) is 0.417. The van der Waals surface area contributed by atoms with Gasteiger partial charge in [0.05, 0.1) is 18.4 Å². The monoisotopic (exact) mass is 210 g/mol. The molecule has 1 heterocycles. The summed E-state index contributed by atoms with van der Waals surface area (Å²) in [4.78, 5) is 22.0. The van der Waals surface area contributed by atoms with E-state index >= 15 is 0 Å². The predicted molar refractivity (Wildman–Crippen MR) is 53.5 cm³/mol. The third-order valence-electron chi connectivity index (χ3n) is 1.84. The molecule has 0 N–H and O–H groups in total. The van der Waals surface area contributed by atoms with Crippen molar-refractivity contribution >= 4 is 11.8 Å². The molecular formula is C10H14N2O3. The van der Waals surface area contributed by atoms with Crippen LogP contribution in [0, 0.1) is 0 Å². The van der Waals surface area contributed by atoms with Crippen molar-refractivity contribution in [2.75, 3.05) is 6.61 Å². The minimum Gasteiger partial charge on any atom is -0.462 e. The highest BCUT2D eigenvalue weighted by Gasteiger charge is 2.09. The molecular weight excluding hydrogens is 196 g/mol. The van der Waals surface area contributed by atoms with E-state index in [1.807, 2.05) is 0 Å². The van der Waals surface area contributed by atoms with Gasteiger partial charge < -0.3 is 4.74 Å². The van der Waals surface area contributed by atoms with E-state index in [1.54, 1.807) is 17.8 Å². The molecule has 0 saturated carbocycles. The second kappa shape index (κ2) is 5.29. The Labute approximate surface area is 88.0 Å². The molecule has 0 radical (unpaired) electrons. The van der Waals surface area contributed by atoms with Crippen molar-refractivity contribution in [2.45, 2.75) is 26.8 Å². The van der Waals surface area contributed by atoms with Gasteiger partial charge in [-0.2, -0.15) is 5.10 Å². The maximum atomic E-state index is 11.3. The topological polar surface area (TPSA) is 61.2 Å². The number of nitrogens with zero attached hydrogens (tertiary/aromatic N) is 2. The number of Topliss-reactive ketones (excluding diaryl/α,β-unsaturated/α-hetero) is 1. The fourth-order valence-electron chi connectivity index (χ4n) is 1.08. The van der Waals surface area contributed by atoms with Gasteiger partial charge in [0.15, 0.2) is 0 Å². The highest BCUT2D eigenvalue weighted by atomic mass is 16.5. The first kappa shape index (κ1) is 11.4. The molecule has 1 aromatic rings. The minimum absolute atomic E-state index is 0.100. The van der Waals surface area contributed by atoms with E-state index in [-0.39, 0.29) is 11.8 Å². The molecule has 82 valence electrons. The first-order valence-corrected chi connectivity index (χ1v) is 4.82. The van der Waals surface area contributed by atoms with Crippen LogP contribution in [0.4, 0.5) is 0 Å². The van der Waals surface area contributed by atoms with Crippen LogP contribution in [0.3, 0.4) is 0 Å². The largest absolute Gasteiger partial charge is 0.462 e. The third kappa shape index (κ3) is 3.53. The predicted octanol–water partition coefficient (Wildman–Crippen LogP) is 1.04. The summed E-state index contributed by atoms with van der Waals surface area (Å²) in [7, 11) is 0. The molecule has 0 spiro atoms. The number of ketones is 1. The van der Waals surface area contributed by atoms with Crippen LogP contribution in [0.25, 0.3) is 0 Å². The fraction of sp³-hybridized carbons (Fsp3) is 0.500. The van der Waals surface area contributed by atoms with Gasteiger partial charge in [-0.05, 0) is 13.8 Å². The standard InChI is InChI=1S/C10H14N2O3/c1-3-15-10(14)9-6-11-12(7-9)5-4-8(2)13/h6-7H,3-5H2,1-2H3. The number of hydrogen-bond acceptors (Lipinski definition) is 4. The molecule has 0 atom stereocenters. The smallest absolute Gasteiger partial charge is 0.341 e. The lowest BCUT2D eigenvalue weighted by Crippen LogP contribution is -2.04. The number of ether oxygens (including phenoxy) is 1. The molecule has 0 aliphatic heterocycles. The molecule has 0 amide bonds. The summed E-state index contributed by atoms with van der Waals surface area (Å²) < 4.78 is 6.37. The highest BCUT2D eigenvalue weighted by Crippen LogP contribution is 2.01. The number of hydrogen-bond donors (Lipinski definition) is 0. The molecule has 1 aromatic heterocycles. The zero-order valence-electron chi connectivity index (χ0n) is 8.90. The minimum atomic E-state index is -0.383. The van der Waals surface area contributed by atoms with E-state index in [1.165, 1.54) is 13.1 Å². The number of carbonyl (C=O) groups excluding carboxylic acids is 2. The van der Waals surface area contributed by atoms with Crippen LogP contribution in [0.2, 0.25) is 0 Å². The summed E-state index contributed by atoms with van der Waals surface area (Å²) in [6, 6.07) is 0. The van der Waals surface area contributed by atoms with Gasteiger partial charge in [-0.3, -0.25) is 9.48 Å². The Morgan fingerprint density at radius 3 is 2.87 bits per heavy atom. The molecule has 0 aliphatic rings. The lowest BCUT2D eigenvalue weighted by molar-refractivity contribution is -0.117. The van der Waals surface area contributed by atoms with E-state index < -0.39 is 0 Å². The Balaban J connectivity index is 2.56. The quantitative estimate of drug-likeness (QED) is 0.681. The Morgan fingerprint density at radius 2 is 2.27 bits per heavy atom. The summed E-state index contributed by atoms with van der Waals surface area (Å²) >= 11 is 0. The average molecular weight is 210 g/mol. The average Bonchev–Trinajstić information content (AvgIpc) is 2.63. The van der Waals surface area contributed by atoms with Gasteiger partial charge in [-0.15, -0.1) is 0 Å². The van der Waals surface area contributed by atoms with Gasteiger partial charge in [-0.25, -0.2) is 4.79 Å². The van der Waals surface area contributed by atoms with Crippen molar-refractivity contribution in [3.63, 3.8) is 0 Å². The van der Waals surface area contributed by atoms with Crippen LogP contribution in [-0.2, 0) is 16.1 Å². The zero-order chi connectivity index (χ0) is 11.3. The Bertz CT molecular complexity index is 357. The summed E-state index contributed by atoms with van der Waals surface area (Å²) in [5.74, 6) is -0.283. The first-order valence-electron chi connectivity index (χ1n) is 4.82. The van der Waals surface area contributed by atoms with Crippen molar-refractivity contribution < 1.29 is 14.3 Å². The summed E-state index contributed by atoms with van der Waals surface area (Å²) in [6.45, 7) is 4.11. The normalized spacial score (nSPS) is 10.0. The van der Waals surface area contributed by atoms with Crippen LogP contribution >= 0.6 is 0 Å². The molecule has 5 nitrogen and oxygen atoms in total. The fourth-order valence-corrected chi connectivity index (χ4v) is 1.08. The number of esters is 1. The zero-order valence-corrected chi connectivity index (χ0v) is 8.90. The highest BCUT2D eigenvalue weighted by molar-refractivity contribution is 5.88. The second-order valence-electron chi connectivity index (χ2n) is 3.16. The number of aryl methyl sites for hydroxylation is 1. The van der Waals surface area contributed by atoms with Crippen LogP contribution < -0.4 is 0 Å². The number of aromatic nitrogens is 2. The third-order valence-corrected chi connectivity index (χ3v) is 1.84. The van der Waals surface area contributed by atoms with Gasteiger partial charge >= 0.3 is 5.97 Å². The maximum Gasteiger partial charge on any atom is 0.341 e. The lowest BCUT2D eigenvalue weighted by atomic mass is 10.3. The van der Waals surface area contributed by atoms with Crippen LogP contribution in [-0.4, -0.2) is 28.1 Å². The molecule has 1 rings (SSSR count). The van der Waals surface area contributed by atoms with Crippen molar-refractivity contribution in [1.82, 2.24) is 9.78 Å². The van der Waals surface area contributed by atoms with Gasteiger partial charge in [0.2, 0.25) is 0 Å². The van der Waals surface area contributed by atoms with Gasteiger partial charge in [0.1, 0.15) is 5.78 Å². The van der Waals surface area contributed by atoms with Gasteiger partial charge in [0.25, 0.3) is 0 Å². The van der Waals surface area contributed by atoms with Crippen LogP contribution in [0.1, 0.15) is 30.6 Å². The van der Waals surface area contributed by atoms with E-state index in [9.17, 15) is 9.59 Å². The first-order chi connectivity index (χ1) is 7.13. The van der Waals surface area contributed by atoms with Gasteiger partial charge in [0, 0.05) is 19.2 Å². The molecule has 5 heteroatoms. The maximum absolute atomic E-state index is 11.3. The Hall–Kier alpha value is -1.65. The van der Waals surface area contributed by atoms with Crippen LogP contribution in [0.5, 0.6) is 0 Å². The molecule has 0 saturated heterocycles. The molecule has 0 aromatic carbocycles. The molecule has 0 unspecified atom stereocenters. The van der Waals surface area contributed by atoms with E-state index in [0.717, 1.165) is 0 Å². The summed E-state index contributed by atoms with van der Waals surface area (Å²) in [5, 5.41) is 3.96. The van der Waals surface area contributed by atoms with Crippen molar-refractivity contribution in [2.24, 2.45) is 0 Å². The Kier molecular flexibility index (Phi) is 4.03. The van der Waals surface area contributed by atoms with Crippen molar-refractivity contribution in [3.05, 3.63) is 18.0 Å². The van der Waals surface area contributed by atoms with Gasteiger partial charge in [-0.1, -0.05) is 0 Å². The van der Waals surface area contributed by atoms with Crippen LogP contribution in [0.15, 0.2) is 12.4 Å². The SMILES string of the molecule is CCOC(=O)c1cnn(CCC(C)=O)c1. The summed E-state index contributed by atoms with van der Waals surface area (Å²) in [6.07, 6.45) is 3.45. The molecule has 15 heavy (non-hydrogen) atoms. The Morgan fingerprint density at radius 1 is 1.53 bits per heavy atom. The number of rotatable bonds is 5. The van der Waals surface area contributed by atoms with E-state index in [0.29, 0.717) is 25.1 Å². The lowest BCUT2D eigenvalue weighted by Gasteiger charge is -1.98. The van der Waals surface area contributed by atoms with E-state index in [4.69, 9.17) is 4.74 Å². The molecule has 0 fully saturated rings. The number of carbonyl (C=O) groups is 2. The second-order valence-corrected chi connectivity index (χ2v) is 3.16. The molecule has 0 bridgehead atoms. The van der Waals surface area contributed by atoms with E-state index in [2.05, 4.69) is 5.10 Å². The molecule has 0 aliphatic carbocycles. The van der Waals surface area contributed by atoms with Crippen molar-refractivity contribution in [3.8, 4) is 0 Å².